The molecule has 2 amide bonds. The summed E-state index contributed by atoms with van der Waals surface area (Å²) in [5.74, 6) is 0.0710. The van der Waals surface area contributed by atoms with Gasteiger partial charge in [-0.3, -0.25) is 14.2 Å². The number of nitrogens with zero attached hydrogens (tertiary/aromatic N) is 2. The van der Waals surface area contributed by atoms with Gasteiger partial charge < -0.3 is 20.4 Å². The minimum atomic E-state index is -0.212. The van der Waals surface area contributed by atoms with Crippen LogP contribution in [0.3, 0.4) is 0 Å². The lowest BCUT2D eigenvalue weighted by Crippen LogP contribution is -2.30. The van der Waals surface area contributed by atoms with Gasteiger partial charge in [0.1, 0.15) is 0 Å². The number of benzene rings is 1. The fourth-order valence-corrected chi connectivity index (χ4v) is 4.52. The molecule has 0 aliphatic carbocycles. The van der Waals surface area contributed by atoms with E-state index in [9.17, 15) is 19.8 Å². The van der Waals surface area contributed by atoms with Gasteiger partial charge in [-0.25, -0.2) is 0 Å². The zero-order valence-electron chi connectivity index (χ0n) is 20.1. The number of para-hydroxylation sites is 2. The molecule has 7 heteroatoms. The molecular weight excluding hydrogens is 406 g/mol. The summed E-state index contributed by atoms with van der Waals surface area (Å²) in [4.78, 5) is 25.7. The molecule has 0 saturated heterocycles. The molecule has 2 aromatic rings. The summed E-state index contributed by atoms with van der Waals surface area (Å²) in [5, 5.41) is 24.2. The average Bonchev–Trinajstić information content (AvgIpc) is 3.03. The number of hydrogen-bond acceptors (Lipinski definition) is 4. The Balaban J connectivity index is 2.09. The number of carbonyl (C=O) groups is 2. The first-order valence-electron chi connectivity index (χ1n) is 11.3. The molecule has 0 spiro atoms. The van der Waals surface area contributed by atoms with Crippen molar-refractivity contribution in [3.05, 3.63) is 35.9 Å². The van der Waals surface area contributed by atoms with Crippen molar-refractivity contribution in [2.45, 2.75) is 72.3 Å². The number of hydrogen-bond donors (Lipinski definition) is 3. The molecule has 0 saturated carbocycles. The van der Waals surface area contributed by atoms with Crippen LogP contribution in [0.25, 0.3) is 0 Å². The van der Waals surface area contributed by atoms with E-state index in [4.69, 9.17) is 0 Å². The summed E-state index contributed by atoms with van der Waals surface area (Å²) >= 11 is 0. The van der Waals surface area contributed by atoms with Gasteiger partial charge in [0.25, 0.3) is 0 Å². The molecule has 0 radical (unpaired) electrons. The number of rotatable bonds is 10. The van der Waals surface area contributed by atoms with E-state index in [-0.39, 0.29) is 35.4 Å². The number of amides is 2. The number of carbonyl (C=O) groups excluding carboxylic acids is 2. The molecule has 1 heterocycles. The maximum Gasteiger partial charge on any atom is 0.224 e. The molecule has 0 unspecified atom stereocenters. The molecule has 2 rings (SSSR count). The minimum absolute atomic E-state index is 0.0123. The second-order valence-electron chi connectivity index (χ2n) is 8.66. The molecule has 3 N–H and O–H groups in total. The number of anilines is 2. The van der Waals surface area contributed by atoms with Crippen LogP contribution in [0.1, 0.15) is 65.9 Å². The van der Waals surface area contributed by atoms with Gasteiger partial charge in [-0.05, 0) is 37.3 Å². The standard InChI is InChI=1S/C25H37N3O4/c1-7-25(8-2,17(3)4)19-16-23(31)28(24(19)32)15-11-14-22(30)26-20-12-9-10-13-21(20)27(6)18(5)29/h9-10,12-13,16-17,31-32H,7-8,11,14-15H2,1-6H3,(H,26,30). The normalized spacial score (nSPS) is 11.6. The third-order valence-electron chi connectivity index (χ3n) is 6.75. The van der Waals surface area contributed by atoms with Gasteiger partial charge in [0, 0.05) is 44.0 Å². The van der Waals surface area contributed by atoms with Crippen LogP contribution in [0, 0.1) is 5.92 Å². The highest BCUT2D eigenvalue weighted by Crippen LogP contribution is 2.45. The zero-order valence-corrected chi connectivity index (χ0v) is 20.1. The highest BCUT2D eigenvalue weighted by Gasteiger charge is 2.37. The first kappa shape index (κ1) is 25.3. The summed E-state index contributed by atoms with van der Waals surface area (Å²) < 4.78 is 1.47. The van der Waals surface area contributed by atoms with Gasteiger partial charge in [-0.1, -0.05) is 39.8 Å². The van der Waals surface area contributed by atoms with E-state index in [0.717, 1.165) is 18.4 Å². The van der Waals surface area contributed by atoms with Gasteiger partial charge in [-0.15, -0.1) is 0 Å². The van der Waals surface area contributed by atoms with Crippen LogP contribution in [0.4, 0.5) is 11.4 Å². The predicted octanol–water partition coefficient (Wildman–Crippen LogP) is 5.01. The first-order chi connectivity index (χ1) is 15.1. The Hall–Kier alpha value is -2.96. The monoisotopic (exact) mass is 443 g/mol. The van der Waals surface area contributed by atoms with Crippen LogP contribution in [-0.2, 0) is 21.5 Å². The molecule has 0 fully saturated rings. The van der Waals surface area contributed by atoms with Crippen molar-refractivity contribution >= 4 is 23.2 Å². The van der Waals surface area contributed by atoms with E-state index >= 15 is 0 Å². The fourth-order valence-electron chi connectivity index (χ4n) is 4.52. The smallest absolute Gasteiger partial charge is 0.224 e. The fraction of sp³-hybridized carbons (Fsp3) is 0.520. The largest absolute Gasteiger partial charge is 0.494 e. The predicted molar refractivity (Wildman–Crippen MR) is 128 cm³/mol. The number of aromatic nitrogens is 1. The van der Waals surface area contributed by atoms with Gasteiger partial charge >= 0.3 is 0 Å². The van der Waals surface area contributed by atoms with Crippen molar-refractivity contribution in [2.75, 3.05) is 17.3 Å². The Morgan fingerprint density at radius 3 is 2.34 bits per heavy atom. The second kappa shape index (κ2) is 10.6. The van der Waals surface area contributed by atoms with Gasteiger partial charge in [0.2, 0.25) is 11.8 Å². The van der Waals surface area contributed by atoms with Crippen LogP contribution in [-0.4, -0.2) is 33.6 Å². The lowest BCUT2D eigenvalue weighted by molar-refractivity contribution is -0.117. The van der Waals surface area contributed by atoms with Crippen LogP contribution in [0.2, 0.25) is 0 Å². The van der Waals surface area contributed by atoms with Crippen molar-refractivity contribution in [2.24, 2.45) is 5.92 Å². The van der Waals surface area contributed by atoms with E-state index in [1.165, 1.54) is 16.4 Å². The Labute approximate surface area is 191 Å². The molecule has 0 bridgehead atoms. The lowest BCUT2D eigenvalue weighted by Gasteiger charge is -2.35. The maximum atomic E-state index is 12.5. The molecule has 1 aromatic heterocycles. The highest BCUT2D eigenvalue weighted by atomic mass is 16.3. The number of aromatic hydroxyl groups is 2. The molecule has 0 aliphatic rings. The van der Waals surface area contributed by atoms with Crippen LogP contribution in [0.5, 0.6) is 11.8 Å². The molecule has 0 atom stereocenters. The van der Waals surface area contributed by atoms with Crippen molar-refractivity contribution in [1.82, 2.24) is 4.57 Å². The van der Waals surface area contributed by atoms with Gasteiger partial charge in [-0.2, -0.15) is 0 Å². The van der Waals surface area contributed by atoms with Crippen molar-refractivity contribution < 1.29 is 19.8 Å². The summed E-state index contributed by atoms with van der Waals surface area (Å²) in [5.41, 5.74) is 1.75. The molecular formula is C25H37N3O4. The Kier molecular flexibility index (Phi) is 8.36. The van der Waals surface area contributed by atoms with Crippen molar-refractivity contribution in [3.63, 3.8) is 0 Å². The SMILES string of the molecule is CCC(CC)(c1cc(O)n(CCCC(=O)Nc2ccccc2N(C)C(C)=O)c1O)C(C)C. The highest BCUT2D eigenvalue weighted by molar-refractivity contribution is 5.99. The molecule has 0 aliphatic heterocycles. The van der Waals surface area contributed by atoms with E-state index in [2.05, 4.69) is 33.0 Å². The average molecular weight is 444 g/mol. The zero-order chi connectivity index (χ0) is 24.1. The summed E-state index contributed by atoms with van der Waals surface area (Å²) in [6.07, 6.45) is 2.36. The van der Waals surface area contributed by atoms with Gasteiger partial charge in [0.15, 0.2) is 11.8 Å². The molecule has 7 nitrogen and oxygen atoms in total. The van der Waals surface area contributed by atoms with E-state index in [1.807, 2.05) is 6.07 Å². The Morgan fingerprint density at radius 2 is 1.78 bits per heavy atom. The quantitative estimate of drug-likeness (QED) is 0.481. The second-order valence-corrected chi connectivity index (χ2v) is 8.66. The van der Waals surface area contributed by atoms with Crippen LogP contribution in [0.15, 0.2) is 30.3 Å². The molecule has 176 valence electrons. The summed E-state index contributed by atoms with van der Waals surface area (Å²) in [6, 6.07) is 8.80. The first-order valence-corrected chi connectivity index (χ1v) is 11.3. The van der Waals surface area contributed by atoms with Gasteiger partial charge in [0.05, 0.1) is 11.4 Å². The summed E-state index contributed by atoms with van der Waals surface area (Å²) in [6.45, 7) is 10.3. The lowest BCUT2D eigenvalue weighted by atomic mass is 9.68. The van der Waals surface area contributed by atoms with Crippen molar-refractivity contribution in [3.8, 4) is 11.8 Å². The van der Waals surface area contributed by atoms with Crippen LogP contribution >= 0.6 is 0 Å². The molecule has 32 heavy (non-hydrogen) atoms. The molecule has 1 aromatic carbocycles. The van der Waals surface area contributed by atoms with E-state index in [0.29, 0.717) is 30.3 Å². The van der Waals surface area contributed by atoms with E-state index in [1.54, 1.807) is 31.3 Å². The Morgan fingerprint density at radius 1 is 1.16 bits per heavy atom. The minimum Gasteiger partial charge on any atom is -0.494 e. The van der Waals surface area contributed by atoms with E-state index < -0.39 is 0 Å². The summed E-state index contributed by atoms with van der Waals surface area (Å²) in [7, 11) is 1.66. The maximum absolute atomic E-state index is 12.5. The topological polar surface area (TPSA) is 94.8 Å². The third kappa shape index (κ3) is 5.09. The third-order valence-corrected chi connectivity index (χ3v) is 6.75. The van der Waals surface area contributed by atoms with Crippen LogP contribution < -0.4 is 10.2 Å². The number of nitrogens with one attached hydrogen (secondary N) is 1. The Bertz CT molecular complexity index is 945. The van der Waals surface area contributed by atoms with Crippen molar-refractivity contribution in [1.29, 1.82) is 0 Å².